The van der Waals surface area contributed by atoms with Crippen LogP contribution in [0.1, 0.15) is 23.9 Å². The van der Waals surface area contributed by atoms with Gasteiger partial charge in [0, 0.05) is 12.0 Å². The maximum Gasteiger partial charge on any atom is 0.162 e. The molecule has 158 valence electrons. The highest BCUT2D eigenvalue weighted by atomic mass is 16.6. The van der Waals surface area contributed by atoms with Crippen LogP contribution in [0.4, 0.5) is 0 Å². The number of hydrogen-bond acceptors (Lipinski definition) is 5. The third-order valence-electron chi connectivity index (χ3n) is 5.61. The Balaban J connectivity index is 1.41. The first-order chi connectivity index (χ1) is 15.2. The molecule has 0 amide bonds. The maximum absolute atomic E-state index is 5.75. The van der Waals surface area contributed by atoms with Crippen LogP contribution >= 0.6 is 0 Å². The minimum Gasteiger partial charge on any atom is -0.486 e. The normalized spacial score (nSPS) is 14.0. The summed E-state index contributed by atoms with van der Waals surface area (Å²) in [7, 11) is 0. The molecule has 1 unspecified atom stereocenters. The Kier molecular flexibility index (Phi) is 5.30. The van der Waals surface area contributed by atoms with Crippen LogP contribution in [0.2, 0.25) is 0 Å². The highest BCUT2D eigenvalue weighted by Crippen LogP contribution is 2.34. The molecule has 2 aromatic heterocycles. The predicted octanol–water partition coefficient (Wildman–Crippen LogP) is 3.90. The average Bonchev–Trinajstić information content (AvgIpc) is 3.22. The fraction of sp³-hybridized carbons (Fsp3) is 0.280. The van der Waals surface area contributed by atoms with Crippen molar-refractivity contribution in [3.63, 3.8) is 0 Å². The Morgan fingerprint density at radius 2 is 1.74 bits per heavy atom. The molecule has 1 aliphatic rings. The predicted molar refractivity (Wildman–Crippen MR) is 121 cm³/mol. The van der Waals surface area contributed by atoms with Gasteiger partial charge in [0.1, 0.15) is 13.2 Å². The van der Waals surface area contributed by atoms with E-state index in [-0.39, 0.29) is 0 Å². The molecule has 2 N–H and O–H groups in total. The number of rotatable bonds is 6. The molecule has 3 heterocycles. The van der Waals surface area contributed by atoms with Crippen molar-refractivity contribution in [2.75, 3.05) is 19.8 Å². The summed E-state index contributed by atoms with van der Waals surface area (Å²) in [5, 5.41) is 4.80. The van der Waals surface area contributed by atoms with Crippen LogP contribution in [0.3, 0.4) is 0 Å². The van der Waals surface area contributed by atoms with Crippen LogP contribution in [0.15, 0.2) is 60.7 Å². The van der Waals surface area contributed by atoms with E-state index in [2.05, 4.69) is 31.2 Å². The molecule has 0 spiro atoms. The quantitative estimate of drug-likeness (QED) is 0.518. The van der Waals surface area contributed by atoms with E-state index in [0.29, 0.717) is 32.1 Å². The molecule has 31 heavy (non-hydrogen) atoms. The Labute approximate surface area is 181 Å². The summed E-state index contributed by atoms with van der Waals surface area (Å²) in [5.74, 6) is 2.84. The van der Waals surface area contributed by atoms with Crippen molar-refractivity contribution >= 4 is 5.65 Å². The number of ether oxygens (including phenoxy) is 2. The second-order valence-electron chi connectivity index (χ2n) is 8.11. The number of fused-ring (bicyclic) bond motifs is 2. The second-order valence-corrected chi connectivity index (χ2v) is 8.11. The van der Waals surface area contributed by atoms with Gasteiger partial charge in [-0.1, -0.05) is 37.3 Å². The molecule has 1 atom stereocenters. The lowest BCUT2D eigenvalue weighted by molar-refractivity contribution is 0.171. The molecule has 6 heteroatoms. The third kappa shape index (κ3) is 4.11. The van der Waals surface area contributed by atoms with Crippen LogP contribution < -0.4 is 15.2 Å². The van der Waals surface area contributed by atoms with Gasteiger partial charge in [-0.2, -0.15) is 5.10 Å². The summed E-state index contributed by atoms with van der Waals surface area (Å²) in [6, 6.07) is 20.7. The van der Waals surface area contributed by atoms with E-state index < -0.39 is 0 Å². The molecule has 0 aliphatic carbocycles. The number of benzene rings is 2. The summed E-state index contributed by atoms with van der Waals surface area (Å²) in [4.78, 5) is 4.75. The first-order valence-electron chi connectivity index (χ1n) is 10.7. The van der Waals surface area contributed by atoms with Crippen LogP contribution in [0, 0.1) is 5.92 Å². The summed E-state index contributed by atoms with van der Waals surface area (Å²) in [6.07, 6.45) is 1.69. The number of nitrogens with two attached hydrogens (primary N) is 1. The van der Waals surface area contributed by atoms with Crippen LogP contribution in [-0.2, 0) is 12.8 Å². The Hall–Kier alpha value is -3.38. The van der Waals surface area contributed by atoms with Crippen molar-refractivity contribution in [3.8, 4) is 22.8 Å². The van der Waals surface area contributed by atoms with Crippen molar-refractivity contribution < 1.29 is 9.47 Å². The molecule has 6 nitrogen and oxygen atoms in total. The van der Waals surface area contributed by atoms with E-state index in [1.807, 2.05) is 40.9 Å². The molecular formula is C25H26N4O2. The average molecular weight is 415 g/mol. The highest BCUT2D eigenvalue weighted by molar-refractivity contribution is 5.66. The molecular weight excluding hydrogens is 388 g/mol. The smallest absolute Gasteiger partial charge is 0.162 e. The first-order valence-corrected chi connectivity index (χ1v) is 10.7. The molecule has 1 aliphatic heterocycles. The minimum absolute atomic E-state index is 0.491. The first kappa shape index (κ1) is 19.6. The van der Waals surface area contributed by atoms with Crippen LogP contribution in [0.25, 0.3) is 16.9 Å². The van der Waals surface area contributed by atoms with Gasteiger partial charge in [-0.05, 0) is 60.3 Å². The molecule has 0 radical (unpaired) electrons. The van der Waals surface area contributed by atoms with Gasteiger partial charge in [-0.15, -0.1) is 0 Å². The fourth-order valence-electron chi connectivity index (χ4n) is 3.91. The largest absolute Gasteiger partial charge is 0.486 e. The molecule has 2 aromatic carbocycles. The van der Waals surface area contributed by atoms with Gasteiger partial charge in [-0.25, -0.2) is 9.50 Å². The Morgan fingerprint density at radius 1 is 0.968 bits per heavy atom. The topological polar surface area (TPSA) is 74.7 Å². The van der Waals surface area contributed by atoms with E-state index in [9.17, 15) is 0 Å². The van der Waals surface area contributed by atoms with Gasteiger partial charge in [0.2, 0.25) is 0 Å². The van der Waals surface area contributed by atoms with Crippen molar-refractivity contribution in [2.45, 2.75) is 19.8 Å². The van der Waals surface area contributed by atoms with Gasteiger partial charge in [0.05, 0.1) is 5.69 Å². The molecule has 0 fully saturated rings. The number of pyridine rings is 1. The van der Waals surface area contributed by atoms with Crippen LogP contribution in [0.5, 0.6) is 11.5 Å². The van der Waals surface area contributed by atoms with E-state index in [1.165, 1.54) is 11.1 Å². The zero-order valence-electron chi connectivity index (χ0n) is 17.6. The highest BCUT2D eigenvalue weighted by Gasteiger charge is 2.15. The molecule has 5 rings (SSSR count). The zero-order chi connectivity index (χ0) is 21.2. The summed E-state index contributed by atoms with van der Waals surface area (Å²) in [6.45, 7) is 4.03. The SMILES string of the molecule is CC(CN)Cc1ccc(Cc2nc3cccc(-c4ccc5c(c4)OCCO5)n3n2)cc1. The Bertz CT molecular complexity index is 1200. The van der Waals surface area contributed by atoms with Gasteiger partial charge >= 0.3 is 0 Å². The lowest BCUT2D eigenvalue weighted by Gasteiger charge is -2.19. The Morgan fingerprint density at radius 3 is 2.55 bits per heavy atom. The van der Waals surface area contributed by atoms with Gasteiger partial charge in [-0.3, -0.25) is 0 Å². The lowest BCUT2D eigenvalue weighted by Crippen LogP contribution is -2.15. The second kappa shape index (κ2) is 8.40. The molecule has 0 saturated carbocycles. The standard InChI is InChI=1S/C25H26N4O2/c1-17(16-26)13-18-5-7-19(8-6-18)14-24-27-25-4-2-3-21(29(25)28-24)20-9-10-22-23(15-20)31-12-11-30-22/h2-10,15,17H,11-14,16,26H2,1H3. The van der Waals surface area contributed by atoms with Crippen molar-refractivity contribution in [2.24, 2.45) is 11.7 Å². The number of aromatic nitrogens is 3. The van der Waals surface area contributed by atoms with E-state index in [0.717, 1.165) is 40.6 Å². The fourth-order valence-corrected chi connectivity index (χ4v) is 3.91. The zero-order valence-corrected chi connectivity index (χ0v) is 17.6. The van der Waals surface area contributed by atoms with E-state index >= 15 is 0 Å². The van der Waals surface area contributed by atoms with Crippen molar-refractivity contribution in [1.29, 1.82) is 0 Å². The monoisotopic (exact) mass is 414 g/mol. The number of hydrogen-bond donors (Lipinski definition) is 1. The lowest BCUT2D eigenvalue weighted by atomic mass is 10.00. The number of nitrogens with zero attached hydrogens (tertiary/aromatic N) is 3. The minimum atomic E-state index is 0.491. The van der Waals surface area contributed by atoms with Crippen LogP contribution in [-0.4, -0.2) is 34.4 Å². The summed E-state index contributed by atoms with van der Waals surface area (Å²) in [5.41, 5.74) is 11.1. The van der Waals surface area contributed by atoms with Gasteiger partial charge in [0.25, 0.3) is 0 Å². The van der Waals surface area contributed by atoms with E-state index in [1.54, 1.807) is 0 Å². The summed E-state index contributed by atoms with van der Waals surface area (Å²) >= 11 is 0. The van der Waals surface area contributed by atoms with Gasteiger partial charge < -0.3 is 15.2 Å². The molecule has 0 saturated heterocycles. The third-order valence-corrected chi connectivity index (χ3v) is 5.61. The van der Waals surface area contributed by atoms with Crippen molar-refractivity contribution in [3.05, 3.63) is 77.6 Å². The molecule has 4 aromatic rings. The molecule has 0 bridgehead atoms. The van der Waals surface area contributed by atoms with Crippen molar-refractivity contribution in [1.82, 2.24) is 14.6 Å². The van der Waals surface area contributed by atoms with E-state index in [4.69, 9.17) is 25.3 Å². The summed E-state index contributed by atoms with van der Waals surface area (Å²) < 4.78 is 13.3. The van der Waals surface area contributed by atoms with Gasteiger partial charge in [0.15, 0.2) is 23.0 Å². The maximum atomic E-state index is 5.75.